The van der Waals surface area contributed by atoms with Gasteiger partial charge in [-0.2, -0.15) is 0 Å². The van der Waals surface area contributed by atoms with Gasteiger partial charge in [-0.15, -0.1) is 0 Å². The van der Waals surface area contributed by atoms with Gasteiger partial charge in [0.15, 0.2) is 5.65 Å². The Morgan fingerprint density at radius 2 is 1.57 bits per heavy atom. The molecule has 5 aromatic rings. The summed E-state index contributed by atoms with van der Waals surface area (Å²) in [6.45, 7) is 2.24. The molecule has 0 fully saturated rings. The first-order valence-corrected chi connectivity index (χ1v) is 11.1. The van der Waals surface area contributed by atoms with Gasteiger partial charge in [-0.3, -0.25) is 9.36 Å². The highest BCUT2D eigenvalue weighted by Gasteiger charge is 2.25. The number of nitrogen functional groups attached to an aromatic ring is 1. The van der Waals surface area contributed by atoms with E-state index in [0.29, 0.717) is 28.2 Å². The van der Waals surface area contributed by atoms with Crippen molar-refractivity contribution >= 4 is 33.9 Å². The number of nitrogens with zero attached hydrogens (tertiary/aromatic N) is 3. The molecule has 0 aliphatic carbocycles. The molecule has 3 N–H and O–H groups in total. The van der Waals surface area contributed by atoms with E-state index in [4.69, 9.17) is 25.2 Å². The third-order valence-electron chi connectivity index (χ3n) is 5.95. The maximum atomic E-state index is 13.5. The van der Waals surface area contributed by atoms with Crippen molar-refractivity contribution in [1.82, 2.24) is 19.9 Å². The van der Waals surface area contributed by atoms with Crippen molar-refractivity contribution in [2.24, 2.45) is 0 Å². The topological polar surface area (TPSA) is 104 Å². The van der Waals surface area contributed by atoms with E-state index in [2.05, 4.69) is 5.32 Å². The first kappa shape index (κ1) is 22.2. The van der Waals surface area contributed by atoms with Gasteiger partial charge in [0.2, 0.25) is 0 Å². The summed E-state index contributed by atoms with van der Waals surface area (Å²) in [7, 11) is 3.17. The average molecular weight is 468 g/mol. The summed E-state index contributed by atoms with van der Waals surface area (Å²) in [5.74, 6) is 1.22. The lowest BCUT2D eigenvalue weighted by Gasteiger charge is -2.11. The van der Waals surface area contributed by atoms with Crippen LogP contribution < -0.4 is 20.5 Å². The lowest BCUT2D eigenvalue weighted by atomic mass is 10.2. The molecule has 0 bridgehead atoms. The largest absolute Gasteiger partial charge is 0.497 e. The Hall–Kier alpha value is -4.59. The highest BCUT2D eigenvalue weighted by Crippen LogP contribution is 2.32. The van der Waals surface area contributed by atoms with E-state index in [-0.39, 0.29) is 23.8 Å². The van der Waals surface area contributed by atoms with Crippen molar-refractivity contribution in [2.75, 3.05) is 20.0 Å². The summed E-state index contributed by atoms with van der Waals surface area (Å²) in [5, 5.41) is 2.97. The molecule has 35 heavy (non-hydrogen) atoms. The molecule has 5 rings (SSSR count). The number of nitrogens with one attached hydrogen (secondary N) is 1. The summed E-state index contributed by atoms with van der Waals surface area (Å²) in [6, 6.07) is 20.8. The molecule has 176 valence electrons. The molecule has 8 nitrogen and oxygen atoms in total. The molecule has 0 aliphatic heterocycles. The van der Waals surface area contributed by atoms with Gasteiger partial charge in [-0.05, 0) is 48.4 Å². The van der Waals surface area contributed by atoms with Gasteiger partial charge in [0.1, 0.15) is 28.4 Å². The van der Waals surface area contributed by atoms with E-state index in [0.717, 1.165) is 22.3 Å². The number of benzene rings is 3. The van der Waals surface area contributed by atoms with E-state index in [1.54, 1.807) is 24.9 Å². The fourth-order valence-electron chi connectivity index (χ4n) is 4.18. The number of carbonyl (C=O) groups is 1. The van der Waals surface area contributed by atoms with Crippen LogP contribution in [0.3, 0.4) is 0 Å². The van der Waals surface area contributed by atoms with E-state index >= 15 is 0 Å². The van der Waals surface area contributed by atoms with Gasteiger partial charge < -0.3 is 20.5 Å². The number of aromatic nitrogens is 3. The first-order valence-electron chi connectivity index (χ1n) is 11.1. The second-order valence-electron chi connectivity index (χ2n) is 8.17. The molecule has 8 heteroatoms. The van der Waals surface area contributed by atoms with Crippen LogP contribution in [-0.4, -0.2) is 34.7 Å². The van der Waals surface area contributed by atoms with E-state index < -0.39 is 0 Å². The number of nitrogens with two attached hydrogens (primary N) is 1. The third kappa shape index (κ3) is 3.99. The third-order valence-corrected chi connectivity index (χ3v) is 5.95. The number of aryl methyl sites for hydroxylation is 1. The Morgan fingerprint density at radius 1 is 0.943 bits per heavy atom. The molecule has 0 aliphatic rings. The van der Waals surface area contributed by atoms with Gasteiger partial charge in [0.05, 0.1) is 30.9 Å². The maximum Gasteiger partial charge on any atom is 0.257 e. The standard InChI is InChI=1S/C27H25N5O3/c1-16-8-4-7-11-22(16)32-25(28)23(24-26(32)31-21-10-6-5-9-20(21)30-24)27(33)29-15-17-12-18(34-2)14-19(13-17)35-3/h4-14H,15,28H2,1-3H3,(H,29,33). The predicted octanol–water partition coefficient (Wildman–Crippen LogP) is 4.41. The summed E-state index contributed by atoms with van der Waals surface area (Å²) >= 11 is 0. The molecule has 0 saturated heterocycles. The zero-order valence-electron chi connectivity index (χ0n) is 19.7. The van der Waals surface area contributed by atoms with Crippen LogP contribution in [0.4, 0.5) is 5.82 Å². The van der Waals surface area contributed by atoms with Crippen molar-refractivity contribution in [3.8, 4) is 17.2 Å². The van der Waals surface area contributed by atoms with E-state index in [9.17, 15) is 4.79 Å². The van der Waals surface area contributed by atoms with Crippen LogP contribution in [-0.2, 0) is 6.54 Å². The number of hydrogen-bond acceptors (Lipinski definition) is 6. The summed E-state index contributed by atoms with van der Waals surface area (Å²) in [5.41, 5.74) is 12.0. The molecule has 1 amide bonds. The highest BCUT2D eigenvalue weighted by molar-refractivity contribution is 6.11. The second kappa shape index (κ2) is 8.98. The second-order valence-corrected chi connectivity index (χ2v) is 8.17. The van der Waals surface area contributed by atoms with Gasteiger partial charge >= 0.3 is 0 Å². The minimum absolute atomic E-state index is 0.254. The van der Waals surface area contributed by atoms with Crippen LogP contribution in [0.15, 0.2) is 66.7 Å². The van der Waals surface area contributed by atoms with Crippen molar-refractivity contribution in [1.29, 1.82) is 0 Å². The minimum Gasteiger partial charge on any atom is -0.497 e. The van der Waals surface area contributed by atoms with Crippen LogP contribution in [0.2, 0.25) is 0 Å². The number of ether oxygens (including phenoxy) is 2. The molecule has 0 unspecified atom stereocenters. The molecule has 0 saturated carbocycles. The molecule has 0 spiro atoms. The van der Waals surface area contributed by atoms with Crippen LogP contribution in [0.1, 0.15) is 21.5 Å². The summed E-state index contributed by atoms with van der Waals surface area (Å²) in [4.78, 5) is 23.1. The number of anilines is 1. The van der Waals surface area contributed by atoms with E-state index in [1.807, 2.05) is 67.6 Å². The molecular formula is C27H25N5O3. The smallest absolute Gasteiger partial charge is 0.257 e. The Morgan fingerprint density at radius 3 is 2.23 bits per heavy atom. The van der Waals surface area contributed by atoms with Crippen molar-refractivity contribution < 1.29 is 14.3 Å². The Bertz CT molecular complexity index is 1550. The van der Waals surface area contributed by atoms with Crippen LogP contribution in [0, 0.1) is 6.92 Å². The number of methoxy groups -OCH3 is 2. The molecular weight excluding hydrogens is 442 g/mol. The van der Waals surface area contributed by atoms with Crippen molar-refractivity contribution in [3.63, 3.8) is 0 Å². The van der Waals surface area contributed by atoms with Crippen molar-refractivity contribution in [3.05, 3.63) is 83.4 Å². The molecule has 0 atom stereocenters. The van der Waals surface area contributed by atoms with Gasteiger partial charge in [0, 0.05) is 12.6 Å². The lowest BCUT2D eigenvalue weighted by Crippen LogP contribution is -2.24. The fraction of sp³-hybridized carbons (Fsp3) is 0.148. The zero-order valence-corrected chi connectivity index (χ0v) is 19.7. The van der Waals surface area contributed by atoms with Crippen molar-refractivity contribution in [2.45, 2.75) is 13.5 Å². The Kier molecular flexibility index (Phi) is 5.70. The molecule has 0 radical (unpaired) electrons. The maximum absolute atomic E-state index is 13.5. The summed E-state index contributed by atoms with van der Waals surface area (Å²) in [6.07, 6.45) is 0. The van der Waals surface area contributed by atoms with Crippen LogP contribution in [0.5, 0.6) is 11.5 Å². The number of hydrogen-bond donors (Lipinski definition) is 2. The normalized spacial score (nSPS) is 11.1. The minimum atomic E-state index is -0.341. The van der Waals surface area contributed by atoms with Gasteiger partial charge in [-0.25, -0.2) is 9.97 Å². The first-order chi connectivity index (χ1) is 17.0. The number of para-hydroxylation sites is 3. The van der Waals surface area contributed by atoms with Gasteiger partial charge in [-0.1, -0.05) is 30.3 Å². The highest BCUT2D eigenvalue weighted by atomic mass is 16.5. The summed E-state index contributed by atoms with van der Waals surface area (Å²) < 4.78 is 12.5. The van der Waals surface area contributed by atoms with Crippen LogP contribution >= 0.6 is 0 Å². The number of carbonyl (C=O) groups excluding carboxylic acids is 1. The predicted molar refractivity (Wildman–Crippen MR) is 136 cm³/mol. The Balaban J connectivity index is 1.62. The number of amides is 1. The Labute approximate surface area is 202 Å². The molecule has 2 heterocycles. The fourth-order valence-corrected chi connectivity index (χ4v) is 4.18. The SMILES string of the molecule is COc1cc(CNC(=O)c2c(N)n(-c3ccccc3C)c3nc4ccccc4nc23)cc(OC)c1. The van der Waals surface area contributed by atoms with Crippen LogP contribution in [0.25, 0.3) is 27.9 Å². The number of rotatable bonds is 6. The van der Waals surface area contributed by atoms with Gasteiger partial charge in [0.25, 0.3) is 5.91 Å². The van der Waals surface area contributed by atoms with E-state index in [1.165, 1.54) is 0 Å². The molecule has 2 aromatic heterocycles. The monoisotopic (exact) mass is 467 g/mol. The zero-order chi connectivity index (χ0) is 24.5. The number of fused-ring (bicyclic) bond motifs is 2. The average Bonchev–Trinajstić information content (AvgIpc) is 3.16. The quantitative estimate of drug-likeness (QED) is 0.383. The molecule has 3 aromatic carbocycles. The lowest BCUT2D eigenvalue weighted by molar-refractivity contribution is 0.0953.